The molecule has 5 rings (SSSR count). The second-order valence-corrected chi connectivity index (χ2v) is 11.8. The number of fused-ring (bicyclic) bond motifs is 3. The number of piperidine rings is 2. The first kappa shape index (κ1) is 27.8. The fourth-order valence-corrected chi connectivity index (χ4v) is 7.53. The Morgan fingerprint density at radius 2 is 1.51 bits per heavy atom. The maximum Gasteiger partial charge on any atom is 0.303 e. The van der Waals surface area contributed by atoms with Crippen molar-refractivity contribution < 1.29 is 14.7 Å². The van der Waals surface area contributed by atoms with Crippen molar-refractivity contribution in [2.75, 3.05) is 7.11 Å². The summed E-state index contributed by atoms with van der Waals surface area (Å²) in [5, 5.41) is 13.3. The number of hydrogen-bond donors (Lipinski definition) is 1. The molecule has 1 unspecified atom stereocenters. The van der Waals surface area contributed by atoms with E-state index in [9.17, 15) is 14.7 Å². The van der Waals surface area contributed by atoms with E-state index in [4.69, 9.17) is 4.84 Å². The van der Waals surface area contributed by atoms with Crippen molar-refractivity contribution in [3.63, 3.8) is 0 Å². The fraction of sp³-hybridized carbons (Fsp3) is 0.677. The Kier molecular flexibility index (Phi) is 9.32. The molecule has 2 aliphatic heterocycles. The number of benzene rings is 1. The topological polar surface area (TPSA) is 97.0 Å². The number of hydrogen-bond acceptors (Lipinski definition) is 6. The molecule has 39 heavy (non-hydrogen) atoms. The van der Waals surface area contributed by atoms with Crippen LogP contribution in [0.2, 0.25) is 0 Å². The van der Waals surface area contributed by atoms with Crippen LogP contribution < -0.4 is 5.56 Å². The number of aromatic nitrogens is 2. The predicted octanol–water partition coefficient (Wildman–Crippen LogP) is 6.06. The van der Waals surface area contributed by atoms with Crippen LogP contribution in [0.3, 0.4) is 0 Å². The van der Waals surface area contributed by atoms with Gasteiger partial charge in [-0.3, -0.25) is 14.5 Å². The third kappa shape index (κ3) is 6.37. The molecule has 3 fully saturated rings. The highest BCUT2D eigenvalue weighted by Crippen LogP contribution is 2.42. The molecule has 3 aliphatic rings. The molecule has 8 heteroatoms. The molecule has 2 saturated heterocycles. The van der Waals surface area contributed by atoms with Crippen LogP contribution in [0.25, 0.3) is 11.0 Å². The van der Waals surface area contributed by atoms with Crippen LogP contribution in [-0.2, 0) is 9.63 Å². The van der Waals surface area contributed by atoms with E-state index in [-0.39, 0.29) is 30.1 Å². The van der Waals surface area contributed by atoms with Gasteiger partial charge in [-0.1, -0.05) is 68.7 Å². The molecule has 2 aromatic rings. The van der Waals surface area contributed by atoms with E-state index < -0.39 is 5.97 Å². The summed E-state index contributed by atoms with van der Waals surface area (Å²) in [6.07, 6.45) is 17.7. The van der Waals surface area contributed by atoms with Gasteiger partial charge < -0.3 is 14.5 Å². The SMILES string of the molecule is CO/N=C(\CCC(=O)O)c1nc2ccccc2n(C2C[C@H]3CCC[C@@H](C2)N3C2CCCCCCCCC2)c1=O. The highest BCUT2D eigenvalue weighted by molar-refractivity contribution is 6.00. The number of rotatable bonds is 7. The van der Waals surface area contributed by atoms with Crippen molar-refractivity contribution in [2.24, 2.45) is 5.16 Å². The van der Waals surface area contributed by atoms with Gasteiger partial charge in [0.05, 0.1) is 17.5 Å². The molecule has 1 aromatic carbocycles. The Hall–Kier alpha value is -2.74. The summed E-state index contributed by atoms with van der Waals surface area (Å²) in [7, 11) is 1.41. The first-order valence-electron chi connectivity index (χ1n) is 15.2. The van der Waals surface area contributed by atoms with E-state index in [1.54, 1.807) is 0 Å². The Bertz CT molecular complexity index is 1200. The van der Waals surface area contributed by atoms with Gasteiger partial charge in [-0.15, -0.1) is 0 Å². The quantitative estimate of drug-likeness (QED) is 0.341. The van der Waals surface area contributed by atoms with E-state index in [0.29, 0.717) is 23.8 Å². The lowest BCUT2D eigenvalue weighted by molar-refractivity contribution is -0.136. The van der Waals surface area contributed by atoms with Gasteiger partial charge in [0, 0.05) is 30.6 Å². The van der Waals surface area contributed by atoms with Gasteiger partial charge in [0.15, 0.2) is 5.69 Å². The molecule has 1 aliphatic carbocycles. The van der Waals surface area contributed by atoms with Crippen LogP contribution in [0.15, 0.2) is 34.2 Å². The molecule has 3 atom stereocenters. The number of aliphatic carboxylic acids is 1. The predicted molar refractivity (Wildman–Crippen MR) is 153 cm³/mol. The fourth-order valence-electron chi connectivity index (χ4n) is 7.53. The number of oxime groups is 1. The Morgan fingerprint density at radius 3 is 2.15 bits per heavy atom. The summed E-state index contributed by atoms with van der Waals surface area (Å²) in [6.45, 7) is 0. The normalized spacial score (nSPS) is 25.9. The van der Waals surface area contributed by atoms with Gasteiger partial charge in [-0.05, 0) is 50.7 Å². The van der Waals surface area contributed by atoms with Crippen molar-refractivity contribution in [3.05, 3.63) is 40.3 Å². The molecule has 0 radical (unpaired) electrons. The van der Waals surface area contributed by atoms with E-state index >= 15 is 0 Å². The number of carbonyl (C=O) groups is 1. The molecule has 212 valence electrons. The minimum absolute atomic E-state index is 0.0819. The minimum atomic E-state index is -0.944. The summed E-state index contributed by atoms with van der Waals surface area (Å²) >= 11 is 0. The maximum absolute atomic E-state index is 14.1. The molecule has 1 aromatic heterocycles. The first-order chi connectivity index (χ1) is 19.1. The molecule has 8 nitrogen and oxygen atoms in total. The lowest BCUT2D eigenvalue weighted by atomic mass is 9.79. The highest BCUT2D eigenvalue weighted by atomic mass is 16.6. The summed E-state index contributed by atoms with van der Waals surface area (Å²) < 4.78 is 1.96. The Morgan fingerprint density at radius 1 is 0.897 bits per heavy atom. The van der Waals surface area contributed by atoms with Crippen LogP contribution >= 0.6 is 0 Å². The highest BCUT2D eigenvalue weighted by Gasteiger charge is 2.42. The van der Waals surface area contributed by atoms with Gasteiger partial charge in [0.2, 0.25) is 0 Å². The first-order valence-corrected chi connectivity index (χ1v) is 15.2. The van der Waals surface area contributed by atoms with E-state index in [0.717, 1.165) is 23.9 Å². The van der Waals surface area contributed by atoms with Gasteiger partial charge in [0.1, 0.15) is 12.8 Å². The van der Waals surface area contributed by atoms with Crippen molar-refractivity contribution >= 4 is 22.7 Å². The van der Waals surface area contributed by atoms with Crippen molar-refractivity contribution in [1.29, 1.82) is 0 Å². The maximum atomic E-state index is 14.1. The van der Waals surface area contributed by atoms with Crippen LogP contribution in [0.4, 0.5) is 0 Å². The zero-order chi connectivity index (χ0) is 27.2. The second-order valence-electron chi connectivity index (χ2n) is 11.8. The van der Waals surface area contributed by atoms with E-state index in [1.807, 2.05) is 28.8 Å². The monoisotopic (exact) mass is 536 g/mol. The average molecular weight is 537 g/mol. The van der Waals surface area contributed by atoms with Crippen LogP contribution in [0, 0.1) is 0 Å². The van der Waals surface area contributed by atoms with Crippen LogP contribution in [0.5, 0.6) is 0 Å². The molecule has 0 spiro atoms. The molecule has 1 N–H and O–H groups in total. The van der Waals surface area contributed by atoms with Crippen LogP contribution in [0.1, 0.15) is 114 Å². The third-order valence-corrected chi connectivity index (χ3v) is 9.21. The summed E-state index contributed by atoms with van der Waals surface area (Å²) in [5.74, 6) is -0.944. The smallest absolute Gasteiger partial charge is 0.303 e. The Balaban J connectivity index is 1.48. The standard InChI is InChI=1S/C31H44N4O4/c1-39-33-27(18-19-29(36)37)30-31(38)35(28-17-10-9-16-26(28)32-30)25-20-23-14-11-15-24(21-25)34(23)22-12-7-5-3-2-4-6-8-13-22/h9-10,16-17,22-25H,2-8,11-15,18-21H2,1H3,(H,36,37)/b33-27+/t23-,24+,25?. The lowest BCUT2D eigenvalue weighted by Crippen LogP contribution is -2.57. The zero-order valence-corrected chi connectivity index (χ0v) is 23.4. The number of carboxylic acids is 1. The molecule has 3 heterocycles. The summed E-state index contributed by atoms with van der Waals surface area (Å²) in [6, 6.07) is 9.54. The number of para-hydroxylation sites is 2. The summed E-state index contributed by atoms with van der Waals surface area (Å²) in [4.78, 5) is 38.0. The van der Waals surface area contributed by atoms with Crippen molar-refractivity contribution in [3.8, 4) is 0 Å². The van der Waals surface area contributed by atoms with Gasteiger partial charge >= 0.3 is 5.97 Å². The molecule has 0 amide bonds. The molecule has 2 bridgehead atoms. The number of carboxylic acid groups (broad SMARTS) is 1. The van der Waals surface area contributed by atoms with E-state index in [2.05, 4.69) is 15.0 Å². The van der Waals surface area contributed by atoms with Crippen molar-refractivity contribution in [1.82, 2.24) is 14.5 Å². The minimum Gasteiger partial charge on any atom is -0.481 e. The van der Waals surface area contributed by atoms with E-state index in [1.165, 1.54) is 84.2 Å². The van der Waals surface area contributed by atoms with Gasteiger partial charge in [-0.25, -0.2) is 4.98 Å². The second kappa shape index (κ2) is 13.1. The molecule has 1 saturated carbocycles. The zero-order valence-electron chi connectivity index (χ0n) is 23.4. The molecular formula is C31H44N4O4. The number of nitrogens with zero attached hydrogens (tertiary/aromatic N) is 4. The van der Waals surface area contributed by atoms with Crippen molar-refractivity contribution in [2.45, 2.75) is 127 Å². The molecular weight excluding hydrogens is 492 g/mol. The summed E-state index contributed by atoms with van der Waals surface area (Å²) in [5.41, 5.74) is 1.88. The lowest BCUT2D eigenvalue weighted by Gasteiger charge is -2.53. The average Bonchev–Trinajstić information content (AvgIpc) is 2.93. The van der Waals surface area contributed by atoms with Crippen LogP contribution in [-0.4, -0.2) is 56.5 Å². The van der Waals surface area contributed by atoms with Gasteiger partial charge in [-0.2, -0.15) is 0 Å². The largest absolute Gasteiger partial charge is 0.481 e. The third-order valence-electron chi connectivity index (χ3n) is 9.21. The Labute approximate surface area is 231 Å². The van der Waals surface area contributed by atoms with Gasteiger partial charge in [0.25, 0.3) is 5.56 Å².